The van der Waals surface area contributed by atoms with Crippen LogP contribution in [0.5, 0.6) is 0 Å². The van der Waals surface area contributed by atoms with Gasteiger partial charge in [-0.25, -0.2) is 0 Å². The summed E-state index contributed by atoms with van der Waals surface area (Å²) in [6, 6.07) is 0. The molecule has 1 rings (SSSR count). The van der Waals surface area contributed by atoms with Crippen molar-refractivity contribution in [2.45, 2.75) is 37.9 Å². The molecule has 5 nitrogen and oxygen atoms in total. The zero-order chi connectivity index (χ0) is 12.9. The number of carbonyl (C=O) groups is 2. The number of rotatable bonds is 5. The Morgan fingerprint density at radius 2 is 2.41 bits per heavy atom. The minimum Gasteiger partial charge on any atom is -0.361 e. The maximum atomic E-state index is 11.0. The van der Waals surface area contributed by atoms with Crippen LogP contribution in [0.3, 0.4) is 0 Å². The van der Waals surface area contributed by atoms with E-state index < -0.39 is 5.62 Å². The number of hydrogen-bond acceptors (Lipinski definition) is 3. The molecule has 1 saturated heterocycles. The van der Waals surface area contributed by atoms with Gasteiger partial charge in [0.15, 0.2) is 0 Å². The average Bonchev–Trinajstić information content (AvgIpc) is 2.72. The molecule has 2 radical (unpaired) electrons. The quantitative estimate of drug-likeness (QED) is 0.419. The Hall–Kier alpha value is -1.30. The highest BCUT2D eigenvalue weighted by molar-refractivity contribution is 6.15. The Kier molecular flexibility index (Phi) is 4.75. The van der Waals surface area contributed by atoms with Gasteiger partial charge in [0.2, 0.25) is 12.3 Å². The number of nitrogens with zero attached hydrogens (tertiary/aromatic N) is 1. The summed E-state index contributed by atoms with van der Waals surface area (Å²) in [6.45, 7) is 2.00. The van der Waals surface area contributed by atoms with E-state index in [0.29, 0.717) is 12.8 Å². The van der Waals surface area contributed by atoms with E-state index in [1.54, 1.807) is 0 Å². The zero-order valence-electron chi connectivity index (χ0n) is 10.2. The largest absolute Gasteiger partial charge is 0.361 e. The molecule has 0 aromatic rings. The first-order valence-electron chi connectivity index (χ1n) is 5.66. The molecule has 2 unspecified atom stereocenters. The molecule has 1 aliphatic heterocycles. The summed E-state index contributed by atoms with van der Waals surface area (Å²) in [6.07, 6.45) is 5.43. The Morgan fingerprint density at radius 1 is 1.71 bits per heavy atom. The van der Waals surface area contributed by atoms with Gasteiger partial charge in [-0.3, -0.25) is 9.59 Å². The van der Waals surface area contributed by atoms with Crippen molar-refractivity contribution in [3.8, 4) is 0 Å². The van der Waals surface area contributed by atoms with E-state index in [0.717, 1.165) is 12.8 Å². The normalized spacial score (nSPS) is 28.2. The van der Waals surface area contributed by atoms with Crippen LogP contribution in [0.2, 0.25) is 0 Å². The highest BCUT2D eigenvalue weighted by atomic mass is 16.5. The van der Waals surface area contributed by atoms with E-state index in [4.69, 9.17) is 12.6 Å². The average molecular weight is 236 g/mol. The Balaban J connectivity index is 2.70. The second-order valence-corrected chi connectivity index (χ2v) is 3.97. The topological polar surface area (TPSA) is 58.6 Å². The van der Waals surface area contributed by atoms with Crippen LogP contribution in [0.15, 0.2) is 12.3 Å². The number of nitrogens with one attached hydrogen (secondary N) is 1. The van der Waals surface area contributed by atoms with Gasteiger partial charge in [0.25, 0.3) is 0 Å². The SMILES string of the molecule is [B]C1(N(C=O)/C=C\C(=O)NC)CCC(CC)O1. The van der Waals surface area contributed by atoms with Gasteiger partial charge in [-0.05, 0) is 19.3 Å². The van der Waals surface area contributed by atoms with Crippen molar-refractivity contribution in [2.75, 3.05) is 7.05 Å². The van der Waals surface area contributed by atoms with Crippen LogP contribution >= 0.6 is 0 Å². The number of hydrogen-bond donors (Lipinski definition) is 1. The molecule has 1 aliphatic rings. The van der Waals surface area contributed by atoms with Crippen LogP contribution in [-0.2, 0) is 14.3 Å². The third-order valence-corrected chi connectivity index (χ3v) is 2.83. The lowest BCUT2D eigenvalue weighted by Crippen LogP contribution is -2.45. The molecular weight excluding hydrogens is 219 g/mol. The lowest BCUT2D eigenvalue weighted by Gasteiger charge is -2.33. The first-order chi connectivity index (χ1) is 8.05. The standard InChI is InChI=1S/C11H17BN2O3/c1-3-9-4-6-11(12,17-9)14(8-15)7-5-10(16)13-2/h5,7-9H,3-4,6H2,1-2H3,(H,13,16)/b7-5-. The van der Waals surface area contributed by atoms with Gasteiger partial charge in [0.1, 0.15) is 13.5 Å². The molecule has 6 heteroatoms. The van der Waals surface area contributed by atoms with Crippen LogP contribution in [0, 0.1) is 0 Å². The summed E-state index contributed by atoms with van der Waals surface area (Å²) in [5.41, 5.74) is -1.13. The molecule has 1 heterocycles. The Morgan fingerprint density at radius 3 is 2.88 bits per heavy atom. The van der Waals surface area contributed by atoms with Crippen LogP contribution in [0.25, 0.3) is 0 Å². The minimum atomic E-state index is -1.13. The summed E-state index contributed by atoms with van der Waals surface area (Å²) in [4.78, 5) is 23.2. The molecule has 0 aliphatic carbocycles. The number of likely N-dealkylation sites (N-methyl/N-ethyl adjacent to an activating group) is 1. The maximum Gasteiger partial charge on any atom is 0.245 e. The van der Waals surface area contributed by atoms with Gasteiger partial charge in [-0.1, -0.05) is 6.92 Å². The first kappa shape index (κ1) is 13.8. The summed E-state index contributed by atoms with van der Waals surface area (Å²) in [7, 11) is 7.51. The number of ether oxygens (including phenoxy) is 1. The highest BCUT2D eigenvalue weighted by Gasteiger charge is 2.38. The maximum absolute atomic E-state index is 11.0. The van der Waals surface area contributed by atoms with Crippen molar-refractivity contribution in [1.29, 1.82) is 0 Å². The second-order valence-electron chi connectivity index (χ2n) is 3.97. The van der Waals surface area contributed by atoms with Gasteiger partial charge in [-0.15, -0.1) is 0 Å². The highest BCUT2D eigenvalue weighted by Crippen LogP contribution is 2.31. The monoisotopic (exact) mass is 236 g/mol. The van der Waals surface area contributed by atoms with Crippen molar-refractivity contribution >= 4 is 20.2 Å². The van der Waals surface area contributed by atoms with Crippen LogP contribution in [0.4, 0.5) is 0 Å². The molecule has 2 amide bonds. The molecule has 1 fully saturated rings. The first-order valence-corrected chi connectivity index (χ1v) is 5.66. The van der Waals surface area contributed by atoms with Crippen molar-refractivity contribution in [2.24, 2.45) is 0 Å². The lowest BCUT2D eigenvalue weighted by molar-refractivity contribution is -0.131. The van der Waals surface area contributed by atoms with E-state index in [-0.39, 0.29) is 12.0 Å². The second kappa shape index (κ2) is 5.86. The third kappa shape index (κ3) is 3.33. The van der Waals surface area contributed by atoms with Gasteiger partial charge in [-0.2, -0.15) is 0 Å². The van der Waals surface area contributed by atoms with Crippen LogP contribution in [-0.4, -0.2) is 43.8 Å². The lowest BCUT2D eigenvalue weighted by atomic mass is 9.86. The van der Waals surface area contributed by atoms with E-state index in [1.165, 1.54) is 24.2 Å². The van der Waals surface area contributed by atoms with Crippen LogP contribution in [0.1, 0.15) is 26.2 Å². The fraction of sp³-hybridized carbons (Fsp3) is 0.636. The van der Waals surface area contributed by atoms with Crippen molar-refractivity contribution in [3.63, 3.8) is 0 Å². The van der Waals surface area contributed by atoms with Gasteiger partial charge >= 0.3 is 0 Å². The fourth-order valence-electron chi connectivity index (χ4n) is 1.73. The zero-order valence-corrected chi connectivity index (χ0v) is 10.2. The van der Waals surface area contributed by atoms with Crippen LogP contribution < -0.4 is 5.32 Å². The van der Waals surface area contributed by atoms with Crippen molar-refractivity contribution < 1.29 is 14.3 Å². The molecule has 1 N–H and O–H groups in total. The Labute approximate surface area is 103 Å². The predicted molar refractivity (Wildman–Crippen MR) is 64.0 cm³/mol. The molecule has 92 valence electrons. The van der Waals surface area contributed by atoms with E-state index in [1.807, 2.05) is 6.92 Å². The molecule has 2 atom stereocenters. The van der Waals surface area contributed by atoms with Gasteiger partial charge in [0.05, 0.1) is 6.10 Å². The molecule has 0 aromatic carbocycles. The molecule has 0 aromatic heterocycles. The summed E-state index contributed by atoms with van der Waals surface area (Å²) < 4.78 is 5.61. The minimum absolute atomic E-state index is 0.0656. The summed E-state index contributed by atoms with van der Waals surface area (Å²) >= 11 is 0. The molecular formula is C11H17BN2O3. The molecule has 0 spiro atoms. The fourth-order valence-corrected chi connectivity index (χ4v) is 1.73. The molecule has 0 saturated carbocycles. The number of carbonyl (C=O) groups excluding carboxylic acids is 2. The van der Waals surface area contributed by atoms with Crippen molar-refractivity contribution in [3.05, 3.63) is 12.3 Å². The van der Waals surface area contributed by atoms with Gasteiger partial charge < -0.3 is 15.0 Å². The smallest absolute Gasteiger partial charge is 0.245 e. The molecule has 0 bridgehead atoms. The number of amides is 2. The van der Waals surface area contributed by atoms with E-state index in [9.17, 15) is 9.59 Å². The van der Waals surface area contributed by atoms with Gasteiger partial charge in [0, 0.05) is 19.3 Å². The van der Waals surface area contributed by atoms with E-state index in [2.05, 4.69) is 5.32 Å². The van der Waals surface area contributed by atoms with Crippen molar-refractivity contribution in [1.82, 2.24) is 10.2 Å². The molecule has 17 heavy (non-hydrogen) atoms. The van der Waals surface area contributed by atoms with E-state index >= 15 is 0 Å². The predicted octanol–water partition coefficient (Wildman–Crippen LogP) is 0.116. The summed E-state index contributed by atoms with van der Waals surface area (Å²) in [5.74, 6) is -0.300. The summed E-state index contributed by atoms with van der Waals surface area (Å²) in [5, 5.41) is 2.42. The Bertz CT molecular complexity index is 322. The third-order valence-electron chi connectivity index (χ3n) is 2.83.